The maximum absolute atomic E-state index is 15.2. The molecule has 0 unspecified atom stereocenters. The van der Waals surface area contributed by atoms with Gasteiger partial charge in [0.05, 0.1) is 22.7 Å². The molecular formula is C30H35FN6O7S. The molecule has 13 nitrogen and oxygen atoms in total. The van der Waals surface area contributed by atoms with Gasteiger partial charge < -0.3 is 31.1 Å². The number of rotatable bonds is 10. The van der Waals surface area contributed by atoms with E-state index >= 15 is 4.39 Å². The Morgan fingerprint density at radius 2 is 1.64 bits per heavy atom. The SMILES string of the molecule is CC(C)(C)OC(=O)[C@](N)(CNC(=O)c1ccc(N2CCC(Nc3ncccn3)CC2)c(F)c1)S(=O)(=O)c1ccc(C(=O)O)cc1. The minimum Gasteiger partial charge on any atom is -0.478 e. The lowest BCUT2D eigenvalue weighted by molar-refractivity contribution is -0.157. The molecule has 1 aromatic heterocycles. The summed E-state index contributed by atoms with van der Waals surface area (Å²) in [6.07, 6.45) is 4.69. The predicted octanol–water partition coefficient (Wildman–Crippen LogP) is 2.60. The lowest BCUT2D eigenvalue weighted by Gasteiger charge is -2.34. The molecule has 1 aliphatic heterocycles. The molecule has 5 N–H and O–H groups in total. The first-order valence-electron chi connectivity index (χ1n) is 14.1. The van der Waals surface area contributed by atoms with Crippen molar-refractivity contribution in [3.8, 4) is 0 Å². The first-order chi connectivity index (χ1) is 21.1. The van der Waals surface area contributed by atoms with Crippen LogP contribution in [0.3, 0.4) is 0 Å². The van der Waals surface area contributed by atoms with Gasteiger partial charge in [-0.15, -0.1) is 0 Å². The highest BCUT2D eigenvalue weighted by atomic mass is 32.2. The first kappa shape index (κ1) is 33.3. The van der Waals surface area contributed by atoms with Gasteiger partial charge in [0.15, 0.2) is 0 Å². The normalized spacial score (nSPS) is 15.5. The summed E-state index contributed by atoms with van der Waals surface area (Å²) in [6, 6.07) is 9.80. The lowest BCUT2D eigenvalue weighted by Crippen LogP contribution is -2.62. The number of carbonyl (C=O) groups excluding carboxylic acids is 2. The molecule has 0 aliphatic carbocycles. The number of hydrogen-bond donors (Lipinski definition) is 4. The summed E-state index contributed by atoms with van der Waals surface area (Å²) in [5.74, 6) is -3.63. The predicted molar refractivity (Wildman–Crippen MR) is 163 cm³/mol. The Kier molecular flexibility index (Phi) is 9.73. The van der Waals surface area contributed by atoms with Gasteiger partial charge in [0.25, 0.3) is 5.91 Å². The molecule has 240 valence electrons. The minimum atomic E-state index is -4.74. The number of nitrogens with zero attached hydrogens (tertiary/aromatic N) is 3. The number of carboxylic acid groups (broad SMARTS) is 1. The van der Waals surface area contributed by atoms with Gasteiger partial charge >= 0.3 is 11.9 Å². The third kappa shape index (κ3) is 7.72. The van der Waals surface area contributed by atoms with Gasteiger partial charge in [-0.1, -0.05) is 0 Å². The highest BCUT2D eigenvalue weighted by Crippen LogP contribution is 2.27. The number of sulfone groups is 1. The average molecular weight is 643 g/mol. The Labute approximate surface area is 259 Å². The second-order valence-electron chi connectivity index (χ2n) is 11.6. The number of ether oxygens (including phenoxy) is 1. The van der Waals surface area contributed by atoms with Crippen LogP contribution in [0.4, 0.5) is 16.0 Å². The van der Waals surface area contributed by atoms with Crippen LogP contribution in [0.5, 0.6) is 0 Å². The molecule has 1 amide bonds. The van der Waals surface area contributed by atoms with Crippen LogP contribution in [0.1, 0.15) is 54.3 Å². The summed E-state index contributed by atoms with van der Waals surface area (Å²) in [5, 5.41) is 14.7. The molecule has 1 atom stereocenters. The van der Waals surface area contributed by atoms with Crippen molar-refractivity contribution in [2.24, 2.45) is 5.73 Å². The molecule has 3 aromatic rings. The van der Waals surface area contributed by atoms with Gasteiger partial charge in [-0.25, -0.2) is 32.4 Å². The molecule has 15 heteroatoms. The van der Waals surface area contributed by atoms with Gasteiger partial charge in [0.1, 0.15) is 11.4 Å². The number of aromatic carboxylic acids is 1. The van der Waals surface area contributed by atoms with E-state index in [0.29, 0.717) is 37.6 Å². The average Bonchev–Trinajstić information content (AvgIpc) is 2.99. The number of esters is 1. The van der Waals surface area contributed by atoms with Crippen LogP contribution in [0.15, 0.2) is 65.8 Å². The molecule has 1 fully saturated rings. The largest absolute Gasteiger partial charge is 0.478 e. The van der Waals surface area contributed by atoms with E-state index < -0.39 is 55.4 Å². The van der Waals surface area contributed by atoms with Crippen LogP contribution in [-0.4, -0.2) is 77.5 Å². The van der Waals surface area contributed by atoms with Gasteiger partial charge in [-0.2, -0.15) is 0 Å². The van der Waals surface area contributed by atoms with Crippen molar-refractivity contribution in [3.05, 3.63) is 77.9 Å². The molecule has 45 heavy (non-hydrogen) atoms. The molecule has 4 rings (SSSR count). The number of amides is 1. The number of benzene rings is 2. The first-order valence-corrected chi connectivity index (χ1v) is 15.6. The van der Waals surface area contributed by atoms with Crippen LogP contribution in [0.25, 0.3) is 0 Å². The Morgan fingerprint density at radius 1 is 1.04 bits per heavy atom. The molecule has 0 spiro atoms. The number of anilines is 2. The molecule has 2 aromatic carbocycles. The Morgan fingerprint density at radius 3 is 2.20 bits per heavy atom. The second-order valence-corrected chi connectivity index (χ2v) is 13.8. The van der Waals surface area contributed by atoms with Crippen LogP contribution in [0.2, 0.25) is 0 Å². The zero-order valence-corrected chi connectivity index (χ0v) is 25.8. The molecule has 2 heterocycles. The topological polar surface area (TPSA) is 194 Å². The highest BCUT2D eigenvalue weighted by molar-refractivity contribution is 7.93. The van der Waals surface area contributed by atoms with E-state index in [-0.39, 0.29) is 17.2 Å². The number of aromatic nitrogens is 2. The van der Waals surface area contributed by atoms with Crippen LogP contribution < -0.4 is 21.3 Å². The molecule has 0 radical (unpaired) electrons. The Bertz CT molecular complexity index is 1660. The Balaban J connectivity index is 1.47. The second kappa shape index (κ2) is 13.2. The van der Waals surface area contributed by atoms with Crippen molar-refractivity contribution in [2.75, 3.05) is 29.9 Å². The van der Waals surface area contributed by atoms with Crippen molar-refractivity contribution in [1.82, 2.24) is 15.3 Å². The third-order valence-corrected chi connectivity index (χ3v) is 9.25. The van der Waals surface area contributed by atoms with Crippen LogP contribution in [0, 0.1) is 5.82 Å². The van der Waals surface area contributed by atoms with Crippen molar-refractivity contribution in [2.45, 2.75) is 55.0 Å². The highest BCUT2D eigenvalue weighted by Gasteiger charge is 2.51. The van der Waals surface area contributed by atoms with Crippen molar-refractivity contribution in [3.63, 3.8) is 0 Å². The fourth-order valence-corrected chi connectivity index (χ4v) is 6.11. The van der Waals surface area contributed by atoms with E-state index in [2.05, 4.69) is 20.6 Å². The van der Waals surface area contributed by atoms with Crippen molar-refractivity contribution < 1.29 is 37.0 Å². The monoisotopic (exact) mass is 642 g/mol. The van der Waals surface area contributed by atoms with E-state index in [0.717, 1.165) is 30.3 Å². The molecule has 0 saturated carbocycles. The fraction of sp³-hybridized carbons (Fsp3) is 0.367. The van der Waals surface area contributed by atoms with Crippen molar-refractivity contribution >= 4 is 39.3 Å². The van der Waals surface area contributed by atoms with Gasteiger partial charge in [-0.05, 0) is 82.1 Å². The van der Waals surface area contributed by atoms with E-state index in [9.17, 15) is 22.8 Å². The Hall–Kier alpha value is -4.63. The number of piperidine rings is 1. The van der Waals surface area contributed by atoms with Gasteiger partial charge in [0, 0.05) is 37.1 Å². The zero-order chi connectivity index (χ0) is 33.0. The number of hydrogen-bond acceptors (Lipinski definition) is 11. The minimum absolute atomic E-state index is 0.115. The molecule has 1 aliphatic rings. The lowest BCUT2D eigenvalue weighted by atomic mass is 10.0. The molecule has 0 bridgehead atoms. The summed E-state index contributed by atoms with van der Waals surface area (Å²) in [7, 11) is -4.74. The van der Waals surface area contributed by atoms with E-state index in [1.807, 2.05) is 4.90 Å². The summed E-state index contributed by atoms with van der Waals surface area (Å²) < 4.78 is 47.7. The molecular weight excluding hydrogens is 607 g/mol. The third-order valence-electron chi connectivity index (χ3n) is 7.09. The quantitative estimate of drug-likeness (QED) is 0.237. The number of carbonyl (C=O) groups is 3. The van der Waals surface area contributed by atoms with E-state index in [1.54, 1.807) is 18.5 Å². The number of carboxylic acids is 1. The fourth-order valence-electron chi connectivity index (χ4n) is 4.67. The van der Waals surface area contributed by atoms with Gasteiger partial charge in [0.2, 0.25) is 20.7 Å². The van der Waals surface area contributed by atoms with Crippen LogP contribution >= 0.6 is 0 Å². The summed E-state index contributed by atoms with van der Waals surface area (Å²) >= 11 is 0. The number of halogens is 1. The summed E-state index contributed by atoms with van der Waals surface area (Å²) in [6.45, 7) is 4.71. The smallest absolute Gasteiger partial charge is 0.344 e. The van der Waals surface area contributed by atoms with E-state index in [4.69, 9.17) is 15.6 Å². The van der Waals surface area contributed by atoms with Crippen molar-refractivity contribution in [1.29, 1.82) is 0 Å². The zero-order valence-electron chi connectivity index (χ0n) is 25.0. The summed E-state index contributed by atoms with van der Waals surface area (Å²) in [5.41, 5.74) is 5.07. The standard InChI is InChI=1S/C30H35FN6O7S/c1-29(2,3)44-27(41)30(32,45(42,43)22-8-5-19(6-9-22)26(39)40)18-35-25(38)20-7-10-24(23(31)17-20)37-15-11-21(12-16-37)36-28-33-13-4-14-34-28/h4-10,13-14,17,21H,11-12,15-16,18,32H2,1-3H3,(H,35,38)(H,39,40)(H,33,34,36)/t30-/m0/s1. The number of nitrogens with one attached hydrogen (secondary N) is 2. The molecule has 1 saturated heterocycles. The van der Waals surface area contributed by atoms with E-state index in [1.165, 1.54) is 32.9 Å². The maximum atomic E-state index is 15.2. The maximum Gasteiger partial charge on any atom is 0.344 e. The number of nitrogens with two attached hydrogens (primary N) is 1. The summed E-state index contributed by atoms with van der Waals surface area (Å²) in [4.78, 5) is 44.4. The van der Waals surface area contributed by atoms with Crippen LogP contribution in [-0.2, 0) is 19.4 Å². The van der Waals surface area contributed by atoms with Gasteiger partial charge in [-0.3, -0.25) is 4.79 Å².